The minimum absolute atomic E-state index is 0.167. The van der Waals surface area contributed by atoms with Crippen LogP contribution in [0.15, 0.2) is 57.9 Å². The first-order valence-corrected chi connectivity index (χ1v) is 8.15. The van der Waals surface area contributed by atoms with Crippen LogP contribution in [0, 0.1) is 0 Å². The minimum atomic E-state index is -0.167. The summed E-state index contributed by atoms with van der Waals surface area (Å²) in [6, 6.07) is 8.99. The Morgan fingerprint density at radius 3 is 3.04 bits per heavy atom. The van der Waals surface area contributed by atoms with Gasteiger partial charge in [0.15, 0.2) is 0 Å². The number of furan rings is 1. The molecule has 24 heavy (non-hydrogen) atoms. The van der Waals surface area contributed by atoms with Gasteiger partial charge in [0.05, 0.1) is 37.2 Å². The molecule has 3 aromatic rings. The number of carbonyl (C=O) groups is 1. The summed E-state index contributed by atoms with van der Waals surface area (Å²) in [4.78, 5) is 12.3. The minimum Gasteiger partial charge on any atom is -0.497 e. The number of methoxy groups -OCH3 is 1. The smallest absolute Gasteiger partial charge is 0.252 e. The van der Waals surface area contributed by atoms with Gasteiger partial charge in [0.2, 0.25) is 0 Å². The predicted molar refractivity (Wildman–Crippen MR) is 93.0 cm³/mol. The molecule has 2 aromatic heterocycles. The van der Waals surface area contributed by atoms with Crippen molar-refractivity contribution in [3.8, 4) is 17.1 Å². The number of hydrogen-bond donors (Lipinski definition) is 1. The van der Waals surface area contributed by atoms with E-state index in [2.05, 4.69) is 26.3 Å². The summed E-state index contributed by atoms with van der Waals surface area (Å²) in [6.07, 6.45) is 5.24. The zero-order valence-electron chi connectivity index (χ0n) is 13.0. The molecule has 6 nitrogen and oxygen atoms in total. The van der Waals surface area contributed by atoms with Crippen molar-refractivity contribution in [3.05, 3.63) is 59.0 Å². The number of aromatic nitrogens is 2. The molecule has 0 atom stereocenters. The molecule has 0 fully saturated rings. The second-order valence-electron chi connectivity index (χ2n) is 5.07. The molecule has 1 N–H and O–H groups in total. The number of carbonyl (C=O) groups excluding carboxylic acids is 1. The predicted octanol–water partition coefficient (Wildman–Crippen LogP) is 3.34. The van der Waals surface area contributed by atoms with E-state index in [0.717, 1.165) is 15.8 Å². The Labute approximate surface area is 147 Å². The lowest BCUT2D eigenvalue weighted by Gasteiger charge is -2.08. The van der Waals surface area contributed by atoms with Gasteiger partial charge in [-0.05, 0) is 46.3 Å². The van der Waals surface area contributed by atoms with E-state index in [0.29, 0.717) is 24.4 Å². The topological polar surface area (TPSA) is 69.3 Å². The highest BCUT2D eigenvalue weighted by Crippen LogP contribution is 2.22. The van der Waals surface area contributed by atoms with Crippen molar-refractivity contribution >= 4 is 21.8 Å². The van der Waals surface area contributed by atoms with E-state index in [-0.39, 0.29) is 5.91 Å². The quantitative estimate of drug-likeness (QED) is 0.701. The molecule has 0 radical (unpaired) electrons. The maximum Gasteiger partial charge on any atom is 0.252 e. The van der Waals surface area contributed by atoms with Crippen molar-refractivity contribution in [2.75, 3.05) is 13.7 Å². The van der Waals surface area contributed by atoms with Crippen molar-refractivity contribution in [1.82, 2.24) is 15.1 Å². The summed E-state index contributed by atoms with van der Waals surface area (Å²) in [5.74, 6) is 1.24. The van der Waals surface area contributed by atoms with E-state index in [1.807, 2.05) is 18.3 Å². The van der Waals surface area contributed by atoms with Crippen molar-refractivity contribution in [2.24, 2.45) is 0 Å². The van der Waals surface area contributed by atoms with Crippen LogP contribution in [0.25, 0.3) is 11.3 Å². The van der Waals surface area contributed by atoms with Crippen LogP contribution in [0.2, 0.25) is 0 Å². The van der Waals surface area contributed by atoms with Gasteiger partial charge in [-0.2, -0.15) is 5.10 Å². The maximum absolute atomic E-state index is 12.3. The lowest BCUT2D eigenvalue weighted by molar-refractivity contribution is 0.0951. The first-order chi connectivity index (χ1) is 11.7. The number of ether oxygens (including phenoxy) is 1. The molecule has 0 aliphatic carbocycles. The Morgan fingerprint density at radius 2 is 2.29 bits per heavy atom. The SMILES string of the molecule is COc1ccc(Br)c(C(=O)NCCn2cc(-c3ccco3)cn2)c1. The zero-order chi connectivity index (χ0) is 16.9. The molecule has 0 aliphatic heterocycles. The first kappa shape index (κ1) is 16.3. The van der Waals surface area contributed by atoms with E-state index in [9.17, 15) is 4.79 Å². The van der Waals surface area contributed by atoms with E-state index in [1.165, 1.54) is 0 Å². The van der Waals surface area contributed by atoms with Crippen LogP contribution in [0.3, 0.4) is 0 Å². The van der Waals surface area contributed by atoms with Crippen LogP contribution < -0.4 is 10.1 Å². The first-order valence-electron chi connectivity index (χ1n) is 7.35. The normalized spacial score (nSPS) is 10.6. The third kappa shape index (κ3) is 3.68. The second kappa shape index (κ2) is 7.35. The molecular formula is C17H16BrN3O3. The maximum atomic E-state index is 12.3. The third-order valence-corrected chi connectivity index (χ3v) is 4.18. The molecule has 0 saturated carbocycles. The standard InChI is InChI=1S/C17H16BrN3O3/c1-23-13-4-5-15(18)14(9-13)17(22)19-6-7-21-11-12(10-20-21)16-3-2-8-24-16/h2-5,8-11H,6-7H2,1H3,(H,19,22). The van der Waals surface area contributed by atoms with Crippen LogP contribution in [-0.4, -0.2) is 29.3 Å². The van der Waals surface area contributed by atoms with E-state index in [4.69, 9.17) is 9.15 Å². The van der Waals surface area contributed by atoms with Crippen LogP contribution >= 0.6 is 15.9 Å². The molecule has 1 aromatic carbocycles. The average molecular weight is 390 g/mol. The van der Waals surface area contributed by atoms with Gasteiger partial charge < -0.3 is 14.5 Å². The van der Waals surface area contributed by atoms with Crippen molar-refractivity contribution in [1.29, 1.82) is 0 Å². The average Bonchev–Trinajstić information content (AvgIpc) is 3.26. The van der Waals surface area contributed by atoms with Gasteiger partial charge in [-0.25, -0.2) is 0 Å². The molecule has 0 saturated heterocycles. The van der Waals surface area contributed by atoms with Gasteiger partial charge in [0.1, 0.15) is 11.5 Å². The number of halogens is 1. The van der Waals surface area contributed by atoms with E-state index >= 15 is 0 Å². The van der Waals surface area contributed by atoms with E-state index < -0.39 is 0 Å². The summed E-state index contributed by atoms with van der Waals surface area (Å²) >= 11 is 3.38. The highest BCUT2D eigenvalue weighted by Gasteiger charge is 2.11. The van der Waals surface area contributed by atoms with E-state index in [1.54, 1.807) is 42.5 Å². The number of hydrogen-bond acceptors (Lipinski definition) is 4. The molecule has 0 aliphatic rings. The number of nitrogens with zero attached hydrogens (tertiary/aromatic N) is 2. The molecule has 1 amide bonds. The second-order valence-corrected chi connectivity index (χ2v) is 5.93. The van der Waals surface area contributed by atoms with Crippen LogP contribution in [-0.2, 0) is 6.54 Å². The number of benzene rings is 1. The molecule has 0 spiro atoms. The van der Waals surface area contributed by atoms with Gasteiger partial charge in [0, 0.05) is 17.2 Å². The Hall–Kier alpha value is -2.54. The van der Waals surface area contributed by atoms with Crippen LogP contribution in [0.1, 0.15) is 10.4 Å². The van der Waals surface area contributed by atoms with Gasteiger partial charge in [-0.15, -0.1) is 0 Å². The fourth-order valence-corrected chi connectivity index (χ4v) is 2.67. The monoisotopic (exact) mass is 389 g/mol. The van der Waals surface area contributed by atoms with Gasteiger partial charge in [-0.1, -0.05) is 0 Å². The summed E-state index contributed by atoms with van der Waals surface area (Å²) in [7, 11) is 1.57. The Balaban J connectivity index is 1.57. The number of nitrogens with one attached hydrogen (secondary N) is 1. The lowest BCUT2D eigenvalue weighted by Crippen LogP contribution is -2.27. The summed E-state index contributed by atoms with van der Waals surface area (Å²) in [5.41, 5.74) is 1.44. The lowest BCUT2D eigenvalue weighted by atomic mass is 10.2. The largest absolute Gasteiger partial charge is 0.497 e. The number of rotatable bonds is 6. The molecule has 7 heteroatoms. The van der Waals surface area contributed by atoms with Gasteiger partial charge in [-0.3, -0.25) is 9.48 Å². The highest BCUT2D eigenvalue weighted by atomic mass is 79.9. The molecule has 2 heterocycles. The summed E-state index contributed by atoms with van der Waals surface area (Å²) in [5, 5.41) is 7.14. The molecular weight excluding hydrogens is 374 g/mol. The molecule has 3 rings (SSSR count). The zero-order valence-corrected chi connectivity index (χ0v) is 14.6. The van der Waals surface area contributed by atoms with Crippen molar-refractivity contribution < 1.29 is 13.9 Å². The fourth-order valence-electron chi connectivity index (χ4n) is 2.24. The molecule has 0 unspecified atom stereocenters. The molecule has 124 valence electrons. The Kier molecular flexibility index (Phi) is 5.00. The fraction of sp³-hybridized carbons (Fsp3) is 0.176. The summed E-state index contributed by atoms with van der Waals surface area (Å²) in [6.45, 7) is 1.02. The highest BCUT2D eigenvalue weighted by molar-refractivity contribution is 9.10. The third-order valence-electron chi connectivity index (χ3n) is 3.48. The molecule has 0 bridgehead atoms. The van der Waals surface area contributed by atoms with Crippen LogP contribution in [0.4, 0.5) is 0 Å². The number of amides is 1. The van der Waals surface area contributed by atoms with Crippen molar-refractivity contribution in [2.45, 2.75) is 6.54 Å². The summed E-state index contributed by atoms with van der Waals surface area (Å²) < 4.78 is 13.0. The Morgan fingerprint density at radius 1 is 1.42 bits per heavy atom. The van der Waals surface area contributed by atoms with Crippen molar-refractivity contribution in [3.63, 3.8) is 0 Å². The van der Waals surface area contributed by atoms with Gasteiger partial charge in [0.25, 0.3) is 5.91 Å². The van der Waals surface area contributed by atoms with Crippen LogP contribution in [0.5, 0.6) is 5.75 Å². The Bertz CT molecular complexity index is 827. The van der Waals surface area contributed by atoms with Gasteiger partial charge >= 0.3 is 0 Å².